The number of nitrogens with zero attached hydrogens (tertiary/aromatic N) is 2. The van der Waals surface area contributed by atoms with Crippen LogP contribution < -0.4 is 19.1 Å². The Morgan fingerprint density at radius 1 is 1.11 bits per heavy atom. The molecule has 0 aliphatic carbocycles. The van der Waals surface area contributed by atoms with Crippen LogP contribution >= 0.6 is 15.9 Å². The molecule has 9 nitrogen and oxygen atoms in total. The Balaban J connectivity index is 1.91. The fraction of sp³-hybridized carbons (Fsp3) is 0.440. The van der Waals surface area contributed by atoms with Crippen LogP contribution in [0, 0.1) is 0 Å². The summed E-state index contributed by atoms with van der Waals surface area (Å²) in [6, 6.07) is 11.3. The molecule has 3 rings (SSSR count). The molecular weight excluding hydrogens is 550 g/mol. The van der Waals surface area contributed by atoms with Crippen molar-refractivity contribution in [3.63, 3.8) is 0 Å². The van der Waals surface area contributed by atoms with Gasteiger partial charge in [-0.2, -0.15) is 0 Å². The third-order valence-electron chi connectivity index (χ3n) is 5.86. The molecule has 11 heteroatoms. The molecule has 0 fully saturated rings. The summed E-state index contributed by atoms with van der Waals surface area (Å²) in [5.41, 5.74) is 1.09. The van der Waals surface area contributed by atoms with Crippen molar-refractivity contribution in [1.29, 1.82) is 0 Å². The van der Waals surface area contributed by atoms with Gasteiger partial charge in [-0.05, 0) is 50.1 Å². The number of amides is 2. The van der Waals surface area contributed by atoms with Gasteiger partial charge in [-0.1, -0.05) is 41.4 Å². The Bertz CT molecular complexity index is 1190. The predicted molar refractivity (Wildman–Crippen MR) is 141 cm³/mol. The average Bonchev–Trinajstić information content (AvgIpc) is 3.33. The van der Waals surface area contributed by atoms with Gasteiger partial charge < -0.3 is 19.7 Å². The predicted octanol–water partition coefficient (Wildman–Crippen LogP) is 3.67. The number of hydrogen-bond donors (Lipinski definition) is 1. The van der Waals surface area contributed by atoms with Crippen LogP contribution in [0.1, 0.15) is 39.2 Å². The van der Waals surface area contributed by atoms with Gasteiger partial charge in [-0.25, -0.2) is 8.42 Å². The topological polar surface area (TPSA) is 105 Å². The molecule has 0 saturated carbocycles. The number of rotatable bonds is 12. The third-order valence-corrected chi connectivity index (χ3v) is 8.10. The number of unbranched alkanes of at least 4 members (excludes halogenated alkanes) is 1. The van der Waals surface area contributed by atoms with Gasteiger partial charge in [0.05, 0.1) is 11.4 Å². The highest BCUT2D eigenvalue weighted by Crippen LogP contribution is 2.36. The zero-order chi connectivity index (χ0) is 26.3. The van der Waals surface area contributed by atoms with Crippen LogP contribution in [0.5, 0.6) is 11.5 Å². The van der Waals surface area contributed by atoms with Crippen LogP contribution in [0.2, 0.25) is 0 Å². The smallest absolute Gasteiger partial charge is 0.244 e. The molecule has 0 spiro atoms. The molecule has 0 saturated heterocycles. The normalized spacial score (nSPS) is 13.2. The number of carbonyl (C=O) groups excluding carboxylic acids is 2. The Morgan fingerprint density at radius 2 is 1.86 bits per heavy atom. The molecule has 0 aromatic heterocycles. The van der Waals surface area contributed by atoms with Gasteiger partial charge in [0.2, 0.25) is 28.6 Å². The molecule has 0 radical (unpaired) electrons. The number of hydrogen-bond acceptors (Lipinski definition) is 6. The van der Waals surface area contributed by atoms with Gasteiger partial charge in [-0.3, -0.25) is 13.9 Å². The minimum absolute atomic E-state index is 0.0450. The van der Waals surface area contributed by atoms with E-state index in [1.807, 2.05) is 31.2 Å². The first-order valence-electron chi connectivity index (χ1n) is 11.9. The quantitative estimate of drug-likeness (QED) is 0.383. The molecule has 1 atom stereocenters. The van der Waals surface area contributed by atoms with E-state index in [4.69, 9.17) is 9.47 Å². The van der Waals surface area contributed by atoms with Crippen LogP contribution in [-0.2, 0) is 26.2 Å². The lowest BCUT2D eigenvalue weighted by molar-refractivity contribution is -0.139. The van der Waals surface area contributed by atoms with Crippen LogP contribution in [0.4, 0.5) is 5.69 Å². The van der Waals surface area contributed by atoms with E-state index < -0.39 is 28.5 Å². The SMILES string of the molecule is CCCCNC(=O)[C@@H](C)N(Cc1cccc(Br)c1)C(=O)CN(c1ccc2c(c1)OCO2)S(=O)(=O)CC. The standard InChI is InChI=1S/C25H32BrN3O6S/c1-4-6-12-27-25(31)18(3)28(15-19-8-7-9-20(26)13-19)24(30)16-29(36(32,33)5-2)21-10-11-22-23(14-21)35-17-34-22/h7-11,13-14,18H,4-6,12,15-17H2,1-3H3,(H,27,31)/t18-/m1/s1. The summed E-state index contributed by atoms with van der Waals surface area (Å²) in [4.78, 5) is 28.0. The van der Waals surface area contributed by atoms with E-state index in [0.717, 1.165) is 27.2 Å². The van der Waals surface area contributed by atoms with Gasteiger partial charge >= 0.3 is 0 Å². The Hall–Kier alpha value is -2.79. The van der Waals surface area contributed by atoms with Crippen molar-refractivity contribution in [3.8, 4) is 11.5 Å². The first kappa shape index (κ1) is 27.8. The molecule has 2 aromatic carbocycles. The molecule has 1 heterocycles. The monoisotopic (exact) mass is 581 g/mol. The molecule has 1 N–H and O–H groups in total. The maximum absolute atomic E-state index is 13.7. The molecule has 196 valence electrons. The highest BCUT2D eigenvalue weighted by atomic mass is 79.9. The van der Waals surface area contributed by atoms with Crippen LogP contribution in [0.3, 0.4) is 0 Å². The number of ether oxygens (including phenoxy) is 2. The van der Waals surface area contributed by atoms with E-state index in [1.54, 1.807) is 25.1 Å². The number of fused-ring (bicyclic) bond motifs is 1. The molecule has 36 heavy (non-hydrogen) atoms. The van der Waals surface area contributed by atoms with Crippen molar-refractivity contribution in [2.75, 3.05) is 29.9 Å². The zero-order valence-corrected chi connectivity index (χ0v) is 23.1. The summed E-state index contributed by atoms with van der Waals surface area (Å²) in [6.07, 6.45) is 1.75. The maximum atomic E-state index is 13.7. The van der Waals surface area contributed by atoms with Gasteiger partial charge in [0.25, 0.3) is 0 Å². The Labute approximate surface area is 220 Å². The zero-order valence-electron chi connectivity index (χ0n) is 20.7. The van der Waals surface area contributed by atoms with Gasteiger partial charge in [0.15, 0.2) is 11.5 Å². The highest BCUT2D eigenvalue weighted by Gasteiger charge is 2.31. The second-order valence-electron chi connectivity index (χ2n) is 8.42. The first-order chi connectivity index (χ1) is 17.2. The van der Waals surface area contributed by atoms with Crippen molar-refractivity contribution >= 4 is 43.5 Å². The number of sulfonamides is 1. The van der Waals surface area contributed by atoms with Gasteiger partial charge in [0.1, 0.15) is 12.6 Å². The lowest BCUT2D eigenvalue weighted by Crippen LogP contribution is -2.51. The lowest BCUT2D eigenvalue weighted by Gasteiger charge is -2.32. The van der Waals surface area contributed by atoms with E-state index in [2.05, 4.69) is 21.2 Å². The summed E-state index contributed by atoms with van der Waals surface area (Å²) in [6.45, 7) is 5.42. The summed E-state index contributed by atoms with van der Waals surface area (Å²) in [5.74, 6) is -0.0750. The number of carbonyl (C=O) groups is 2. The van der Waals surface area contributed by atoms with Crippen molar-refractivity contribution in [2.45, 2.75) is 46.2 Å². The lowest BCUT2D eigenvalue weighted by atomic mass is 10.1. The van der Waals surface area contributed by atoms with E-state index >= 15 is 0 Å². The van der Waals surface area contributed by atoms with Gasteiger partial charge in [-0.15, -0.1) is 0 Å². The first-order valence-corrected chi connectivity index (χ1v) is 14.3. The highest BCUT2D eigenvalue weighted by molar-refractivity contribution is 9.10. The molecule has 1 aliphatic rings. The second kappa shape index (κ2) is 12.4. The maximum Gasteiger partial charge on any atom is 0.244 e. The van der Waals surface area contributed by atoms with Crippen molar-refractivity contribution in [1.82, 2.24) is 10.2 Å². The summed E-state index contributed by atoms with van der Waals surface area (Å²) in [5, 5.41) is 2.87. The fourth-order valence-corrected chi connectivity index (χ4v) is 5.21. The van der Waals surface area contributed by atoms with Crippen molar-refractivity contribution in [3.05, 3.63) is 52.5 Å². The number of anilines is 1. The van der Waals surface area contributed by atoms with Crippen LogP contribution in [0.15, 0.2) is 46.9 Å². The van der Waals surface area contributed by atoms with Crippen molar-refractivity contribution in [2.24, 2.45) is 0 Å². The average molecular weight is 583 g/mol. The third kappa shape index (κ3) is 6.91. The minimum Gasteiger partial charge on any atom is -0.454 e. The summed E-state index contributed by atoms with van der Waals surface area (Å²) < 4.78 is 38.7. The van der Waals surface area contributed by atoms with Gasteiger partial charge in [0, 0.05) is 23.6 Å². The van der Waals surface area contributed by atoms with Crippen LogP contribution in [0.25, 0.3) is 0 Å². The Morgan fingerprint density at radius 3 is 2.56 bits per heavy atom. The fourth-order valence-electron chi connectivity index (χ4n) is 3.71. The van der Waals surface area contributed by atoms with Crippen molar-refractivity contribution < 1.29 is 27.5 Å². The molecular formula is C25H32BrN3O6S. The second-order valence-corrected chi connectivity index (χ2v) is 11.5. The number of benzene rings is 2. The van der Waals surface area contributed by atoms with E-state index in [-0.39, 0.29) is 30.7 Å². The molecule has 2 amide bonds. The minimum atomic E-state index is -3.82. The summed E-state index contributed by atoms with van der Waals surface area (Å²) in [7, 11) is -3.82. The molecule has 0 bridgehead atoms. The van der Waals surface area contributed by atoms with Crippen LogP contribution in [-0.4, -0.2) is 56.8 Å². The van der Waals surface area contributed by atoms with E-state index in [9.17, 15) is 18.0 Å². The molecule has 0 unspecified atom stereocenters. The summed E-state index contributed by atoms with van der Waals surface area (Å²) >= 11 is 3.44. The molecule has 2 aromatic rings. The number of nitrogens with one attached hydrogen (secondary N) is 1. The van der Waals surface area contributed by atoms with E-state index in [0.29, 0.717) is 18.0 Å². The largest absolute Gasteiger partial charge is 0.454 e. The van der Waals surface area contributed by atoms with E-state index in [1.165, 1.54) is 11.8 Å². The molecule has 1 aliphatic heterocycles. The Kier molecular flexibility index (Phi) is 9.61. The number of halogens is 1.